The third kappa shape index (κ3) is 7.23. The van der Waals surface area contributed by atoms with Gasteiger partial charge in [-0.15, -0.1) is 0 Å². The van der Waals surface area contributed by atoms with E-state index < -0.39 is 11.8 Å². The van der Waals surface area contributed by atoms with Crippen LogP contribution in [0.2, 0.25) is 0 Å². The summed E-state index contributed by atoms with van der Waals surface area (Å²) in [4.78, 5) is 6.12. The fourth-order valence-corrected chi connectivity index (χ4v) is 1.34. The zero-order valence-electron chi connectivity index (χ0n) is 11.4. The molecule has 115 valence electrons. The summed E-state index contributed by atoms with van der Waals surface area (Å²) in [7, 11) is 0. The van der Waals surface area contributed by atoms with Crippen molar-refractivity contribution in [3.05, 3.63) is 0 Å². The average molecular weight is 333 g/mol. The van der Waals surface area contributed by atoms with Gasteiger partial charge in [-0.1, -0.05) is 0 Å². The van der Waals surface area contributed by atoms with E-state index in [0.29, 0.717) is 13.1 Å². The first kappa shape index (κ1) is 21.1. The normalized spacial score (nSPS) is 10.8. The number of nitrogens with one attached hydrogen (secondary N) is 2. The quantitative estimate of drug-likeness (QED) is 0.307. The van der Waals surface area contributed by atoms with Crippen LogP contribution in [0.15, 0.2) is 0 Å². The predicted molar refractivity (Wildman–Crippen MR) is 69.9 cm³/mol. The van der Waals surface area contributed by atoms with Crippen LogP contribution in [0.25, 0.3) is 0 Å². The van der Waals surface area contributed by atoms with Crippen LogP contribution in [-0.4, -0.2) is 44.4 Å². The molecule has 0 saturated carbocycles. The van der Waals surface area contributed by atoms with Gasteiger partial charge in [0.1, 0.15) is 0 Å². The van der Waals surface area contributed by atoms with Crippen LogP contribution in [0.3, 0.4) is 0 Å². The molecule has 0 aromatic carbocycles. The molecule has 0 aliphatic carbocycles. The second-order valence-corrected chi connectivity index (χ2v) is 7.29. The molecule has 9 nitrogen and oxygen atoms in total. The molecule has 0 aromatic rings. The molecule has 0 bridgehead atoms. The second-order valence-electron chi connectivity index (χ2n) is 3.29. The van der Waals surface area contributed by atoms with Crippen molar-refractivity contribution in [3.63, 3.8) is 0 Å². The van der Waals surface area contributed by atoms with E-state index in [9.17, 15) is 0 Å². The molecule has 0 atom stereocenters. The Labute approximate surface area is 124 Å². The topological polar surface area (TPSA) is 189 Å². The first-order valence-corrected chi connectivity index (χ1v) is 8.40. The largest absolute Gasteiger partial charge is 0.395 e. The van der Waals surface area contributed by atoms with Crippen molar-refractivity contribution in [2.45, 2.75) is 0 Å². The molecule has 0 spiro atoms. The Balaban J connectivity index is 0. The fourth-order valence-electron chi connectivity index (χ4n) is 0.785. The Morgan fingerprint density at radius 3 is 1.38 bits per heavy atom. The number of hydrogen-bond acceptors (Lipinski definition) is 9. The summed E-state index contributed by atoms with van der Waals surface area (Å²) in [6.07, 6.45) is 0. The Hall–Kier alpha value is -2.19. The minimum absolute atomic E-state index is 0.205. The van der Waals surface area contributed by atoms with Crippen LogP contribution in [0.4, 0.5) is 0 Å². The third-order valence-corrected chi connectivity index (χ3v) is 4.35. The minimum atomic E-state index is -4.78. The summed E-state index contributed by atoms with van der Waals surface area (Å²) in [6.45, 7) is 4.22. The molecule has 0 aliphatic heterocycles. The zero-order chi connectivity index (χ0) is 16.6. The zero-order valence-corrected chi connectivity index (χ0v) is 12.5. The van der Waals surface area contributed by atoms with E-state index >= 15 is 0 Å². The van der Waals surface area contributed by atoms with Crippen LogP contribution in [0.1, 0.15) is 0 Å². The van der Waals surface area contributed by atoms with Crippen molar-refractivity contribution < 1.29 is 16.9 Å². The average Bonchev–Trinajstić information content (AvgIpc) is 2.55. The third-order valence-electron chi connectivity index (χ3n) is 1.88. The molecule has 0 saturated heterocycles. The maximum atomic E-state index is 8.37. The van der Waals surface area contributed by atoms with E-state index in [1.807, 2.05) is 0 Å². The summed E-state index contributed by atoms with van der Waals surface area (Å²) in [6, 6.07) is 0. The molecule has 0 rings (SSSR count). The van der Waals surface area contributed by atoms with Crippen LogP contribution in [0.5, 0.6) is 0 Å². The predicted octanol–water partition coefficient (Wildman–Crippen LogP) is -1.80. The summed E-state index contributed by atoms with van der Waals surface area (Å²) in [5.74, 6) is 0. The van der Waals surface area contributed by atoms with E-state index in [-0.39, 0.29) is 6.61 Å². The Bertz CT molecular complexity index is 408. The monoisotopic (exact) mass is 333 g/mol. The van der Waals surface area contributed by atoms with Crippen molar-refractivity contribution >= 4 is 0 Å². The van der Waals surface area contributed by atoms with Gasteiger partial charge >= 0.3 is 62.9 Å². The molecule has 10 heteroatoms. The van der Waals surface area contributed by atoms with Gasteiger partial charge in [0.15, 0.2) is 0 Å². The van der Waals surface area contributed by atoms with Gasteiger partial charge in [-0.25, -0.2) is 0 Å². The van der Waals surface area contributed by atoms with Crippen LogP contribution in [0, 0.1) is 51.1 Å². The standard InChI is InChI=1S/C6H17N3O.5CN.Fe/c7-1-2-8-3-4-9-5-6-10;5*1-2;/h8-10H,1-7H2;;;;;;. The summed E-state index contributed by atoms with van der Waals surface area (Å²) in [5, 5.41) is 56.3. The van der Waals surface area contributed by atoms with Gasteiger partial charge in [0.05, 0.1) is 6.61 Å². The number of nitrogens with two attached hydrogens (primary N) is 1. The number of rotatable bonds is 7. The van der Waals surface area contributed by atoms with E-state index in [1.54, 1.807) is 0 Å². The molecule has 5 N–H and O–H groups in total. The maximum Gasteiger partial charge on any atom is 0.0555 e. The Morgan fingerprint density at radius 2 is 1.14 bits per heavy atom. The van der Waals surface area contributed by atoms with Crippen molar-refractivity contribution in [1.29, 1.82) is 26.3 Å². The van der Waals surface area contributed by atoms with Crippen molar-refractivity contribution in [2.24, 2.45) is 5.73 Å². The Kier molecular flexibility index (Phi) is 11.7. The van der Waals surface area contributed by atoms with Gasteiger partial charge in [0.25, 0.3) is 0 Å². The van der Waals surface area contributed by atoms with Crippen LogP contribution >= 0.6 is 0 Å². The first-order chi connectivity index (χ1) is 10.0. The van der Waals surface area contributed by atoms with Gasteiger partial charge < -0.3 is 21.5 Å². The molecule has 0 unspecified atom stereocenters. The van der Waals surface area contributed by atoms with Crippen molar-refractivity contribution in [2.75, 3.05) is 39.3 Å². The molecule has 0 radical (unpaired) electrons. The van der Waals surface area contributed by atoms with E-state index in [4.69, 9.17) is 37.1 Å². The smallest absolute Gasteiger partial charge is 0.0555 e. The summed E-state index contributed by atoms with van der Waals surface area (Å²) in [5.41, 5.74) is 5.25. The SMILES string of the molecule is N#[C][Fe]([C]#N)([C]#N)([C]#N)[C]#N.NCCNCCNCCO. The van der Waals surface area contributed by atoms with E-state index in [0.717, 1.165) is 19.6 Å². The number of aliphatic hydroxyl groups is 1. The number of hydrogen-bond donors (Lipinski definition) is 4. The summed E-state index contributed by atoms with van der Waals surface area (Å²) < 4.78 is 0. The summed E-state index contributed by atoms with van der Waals surface area (Å²) >= 11 is -4.78. The number of nitriles is 5. The molecule has 0 amide bonds. The molecule has 0 heterocycles. The van der Waals surface area contributed by atoms with Crippen LogP contribution in [-0.2, 0) is 11.8 Å². The molecule has 0 aromatic heterocycles. The maximum absolute atomic E-state index is 8.37. The molecular formula is C11H17FeN8O. The number of aliphatic hydroxyl groups excluding tert-OH is 1. The minimum Gasteiger partial charge on any atom is -0.395 e. The van der Waals surface area contributed by atoms with E-state index in [1.165, 1.54) is 24.8 Å². The van der Waals surface area contributed by atoms with Gasteiger partial charge in [0, 0.05) is 32.7 Å². The van der Waals surface area contributed by atoms with Gasteiger partial charge in [-0.3, -0.25) is 0 Å². The van der Waals surface area contributed by atoms with E-state index in [2.05, 4.69) is 10.6 Å². The Morgan fingerprint density at radius 1 is 0.762 bits per heavy atom. The molecule has 21 heavy (non-hydrogen) atoms. The molecule has 0 fully saturated rings. The first-order valence-electron chi connectivity index (χ1n) is 5.64. The van der Waals surface area contributed by atoms with Gasteiger partial charge in [0.2, 0.25) is 0 Å². The number of nitrogens with zero attached hydrogens (tertiary/aromatic N) is 5. The van der Waals surface area contributed by atoms with Crippen LogP contribution < -0.4 is 16.4 Å². The van der Waals surface area contributed by atoms with Gasteiger partial charge in [-0.05, 0) is 0 Å². The molecule has 0 aliphatic rings. The van der Waals surface area contributed by atoms with Crippen molar-refractivity contribution in [3.8, 4) is 24.8 Å². The van der Waals surface area contributed by atoms with Gasteiger partial charge in [-0.2, -0.15) is 0 Å². The second kappa shape index (κ2) is 11.6. The molecular weight excluding hydrogens is 316 g/mol. The fraction of sp³-hybridized carbons (Fsp3) is 0.545. The van der Waals surface area contributed by atoms with Crippen molar-refractivity contribution in [1.82, 2.24) is 10.6 Å².